The van der Waals surface area contributed by atoms with Gasteiger partial charge in [0.05, 0.1) is 5.69 Å². The Morgan fingerprint density at radius 3 is 2.74 bits per heavy atom. The van der Waals surface area contributed by atoms with E-state index < -0.39 is 5.60 Å². The van der Waals surface area contributed by atoms with E-state index in [-0.39, 0.29) is 6.09 Å². The Balaban J connectivity index is 1.90. The van der Waals surface area contributed by atoms with Crippen LogP contribution in [0.4, 0.5) is 10.6 Å². The van der Waals surface area contributed by atoms with Gasteiger partial charge in [-0.2, -0.15) is 5.10 Å². The van der Waals surface area contributed by atoms with Gasteiger partial charge in [-0.15, -0.1) is 5.10 Å². The first kappa shape index (κ1) is 17.5. The van der Waals surface area contributed by atoms with Gasteiger partial charge < -0.3 is 14.5 Å². The molecule has 1 atom stereocenters. The second-order valence-electron chi connectivity index (χ2n) is 7.35. The van der Waals surface area contributed by atoms with Gasteiger partial charge in [0.2, 0.25) is 0 Å². The molecule has 1 unspecified atom stereocenters. The third kappa shape index (κ3) is 5.37. The number of carbonyl (C=O) groups excluding carboxylic acids is 1. The Kier molecular flexibility index (Phi) is 5.44. The predicted octanol–water partition coefficient (Wildman–Crippen LogP) is 2.87. The van der Waals surface area contributed by atoms with Crippen LogP contribution < -0.4 is 4.90 Å². The number of amides is 1. The molecule has 1 aromatic heterocycles. The molecule has 0 aliphatic carbocycles. The molecule has 1 aliphatic rings. The van der Waals surface area contributed by atoms with Crippen LogP contribution in [-0.2, 0) is 4.74 Å². The van der Waals surface area contributed by atoms with Crippen LogP contribution >= 0.6 is 0 Å². The highest BCUT2D eigenvalue weighted by atomic mass is 16.6. The number of carbonyl (C=O) groups is 1. The van der Waals surface area contributed by atoms with E-state index >= 15 is 0 Å². The highest BCUT2D eigenvalue weighted by molar-refractivity contribution is 5.68. The van der Waals surface area contributed by atoms with Crippen LogP contribution in [0.5, 0.6) is 0 Å². The SMILES string of the molecule is Cc1ccc(N(C)CC2CCCN(C(=O)OC(C)(C)C)C2)nn1. The molecular formula is C17H28N4O2. The van der Waals surface area contributed by atoms with E-state index in [4.69, 9.17) is 4.74 Å². The van der Waals surface area contributed by atoms with Crippen LogP contribution in [0.25, 0.3) is 0 Å². The van der Waals surface area contributed by atoms with Crippen LogP contribution in [0.15, 0.2) is 12.1 Å². The summed E-state index contributed by atoms with van der Waals surface area (Å²) < 4.78 is 5.48. The summed E-state index contributed by atoms with van der Waals surface area (Å²) in [6.45, 7) is 9.99. The lowest BCUT2D eigenvalue weighted by Crippen LogP contribution is -2.45. The monoisotopic (exact) mass is 320 g/mol. The molecule has 0 radical (unpaired) electrons. The fourth-order valence-electron chi connectivity index (χ4n) is 2.78. The van der Waals surface area contributed by atoms with Crippen LogP contribution in [0.2, 0.25) is 0 Å². The van der Waals surface area contributed by atoms with Crippen LogP contribution in [0.3, 0.4) is 0 Å². The molecule has 1 aliphatic heterocycles. The fraction of sp³-hybridized carbons (Fsp3) is 0.706. The van der Waals surface area contributed by atoms with E-state index in [0.29, 0.717) is 5.92 Å². The maximum atomic E-state index is 12.2. The molecule has 0 N–H and O–H groups in total. The summed E-state index contributed by atoms with van der Waals surface area (Å²) in [6, 6.07) is 3.95. The molecule has 2 heterocycles. The number of nitrogens with zero attached hydrogens (tertiary/aromatic N) is 4. The van der Waals surface area contributed by atoms with Crippen molar-refractivity contribution in [3.63, 3.8) is 0 Å². The first-order valence-electron chi connectivity index (χ1n) is 8.24. The summed E-state index contributed by atoms with van der Waals surface area (Å²) in [5.41, 5.74) is 0.467. The predicted molar refractivity (Wildman–Crippen MR) is 90.6 cm³/mol. The number of likely N-dealkylation sites (tertiary alicyclic amines) is 1. The first-order chi connectivity index (χ1) is 10.7. The van der Waals surface area contributed by atoms with Gasteiger partial charge in [-0.1, -0.05) is 0 Å². The Morgan fingerprint density at radius 1 is 1.39 bits per heavy atom. The van der Waals surface area contributed by atoms with E-state index in [1.54, 1.807) is 0 Å². The van der Waals surface area contributed by atoms with Crippen molar-refractivity contribution in [2.24, 2.45) is 5.92 Å². The quantitative estimate of drug-likeness (QED) is 0.857. The molecule has 0 aromatic carbocycles. The lowest BCUT2D eigenvalue weighted by atomic mass is 9.98. The topological polar surface area (TPSA) is 58.6 Å². The van der Waals surface area contributed by atoms with Gasteiger partial charge in [-0.05, 0) is 58.6 Å². The minimum atomic E-state index is -0.446. The van der Waals surface area contributed by atoms with Gasteiger partial charge in [-0.25, -0.2) is 4.79 Å². The number of piperidine rings is 1. The second kappa shape index (κ2) is 7.15. The normalized spacial score (nSPS) is 18.7. The maximum absolute atomic E-state index is 12.2. The molecule has 23 heavy (non-hydrogen) atoms. The third-order valence-corrected chi connectivity index (χ3v) is 3.88. The van der Waals surface area contributed by atoms with Crippen LogP contribution in [0, 0.1) is 12.8 Å². The maximum Gasteiger partial charge on any atom is 0.410 e. The second-order valence-corrected chi connectivity index (χ2v) is 7.35. The zero-order chi connectivity index (χ0) is 17.0. The number of aromatic nitrogens is 2. The number of hydrogen-bond acceptors (Lipinski definition) is 5. The number of hydrogen-bond donors (Lipinski definition) is 0. The number of rotatable bonds is 3. The molecule has 6 nitrogen and oxygen atoms in total. The van der Waals surface area contributed by atoms with Crippen LogP contribution in [0.1, 0.15) is 39.3 Å². The van der Waals surface area contributed by atoms with E-state index in [0.717, 1.165) is 44.0 Å². The zero-order valence-electron chi connectivity index (χ0n) is 14.9. The summed E-state index contributed by atoms with van der Waals surface area (Å²) in [5, 5.41) is 8.32. The number of ether oxygens (including phenoxy) is 1. The molecule has 2 rings (SSSR count). The Morgan fingerprint density at radius 2 is 2.13 bits per heavy atom. The largest absolute Gasteiger partial charge is 0.444 e. The minimum absolute atomic E-state index is 0.208. The average molecular weight is 320 g/mol. The van der Waals surface area contributed by atoms with E-state index in [2.05, 4.69) is 15.1 Å². The average Bonchev–Trinajstić information content (AvgIpc) is 2.46. The minimum Gasteiger partial charge on any atom is -0.444 e. The smallest absolute Gasteiger partial charge is 0.410 e. The zero-order valence-corrected chi connectivity index (χ0v) is 14.9. The highest BCUT2D eigenvalue weighted by Crippen LogP contribution is 2.21. The lowest BCUT2D eigenvalue weighted by Gasteiger charge is -2.35. The Bertz CT molecular complexity index is 524. The molecule has 6 heteroatoms. The molecular weight excluding hydrogens is 292 g/mol. The van der Waals surface area contributed by atoms with Gasteiger partial charge in [0.15, 0.2) is 5.82 Å². The standard InChI is InChI=1S/C17H28N4O2/c1-13-8-9-15(19-18-13)20(5)11-14-7-6-10-21(12-14)16(22)23-17(2,3)4/h8-9,14H,6-7,10-12H2,1-5H3. The molecule has 1 fully saturated rings. The summed E-state index contributed by atoms with van der Waals surface area (Å²) in [6.07, 6.45) is 1.92. The van der Waals surface area contributed by atoms with Crippen molar-refractivity contribution in [3.05, 3.63) is 17.8 Å². The summed E-state index contributed by atoms with van der Waals surface area (Å²) in [4.78, 5) is 16.2. The van der Waals surface area contributed by atoms with Crippen molar-refractivity contribution >= 4 is 11.9 Å². The summed E-state index contributed by atoms with van der Waals surface area (Å²) >= 11 is 0. The van der Waals surface area contributed by atoms with Gasteiger partial charge in [-0.3, -0.25) is 0 Å². The van der Waals surface area contributed by atoms with E-state index in [1.807, 2.05) is 51.8 Å². The first-order valence-corrected chi connectivity index (χ1v) is 8.24. The van der Waals surface area contributed by atoms with Gasteiger partial charge in [0, 0.05) is 26.7 Å². The third-order valence-electron chi connectivity index (χ3n) is 3.88. The fourth-order valence-corrected chi connectivity index (χ4v) is 2.78. The van der Waals surface area contributed by atoms with E-state index in [9.17, 15) is 4.79 Å². The van der Waals surface area contributed by atoms with Crippen molar-refractivity contribution in [2.75, 3.05) is 31.6 Å². The van der Waals surface area contributed by atoms with Crippen molar-refractivity contribution in [3.8, 4) is 0 Å². The van der Waals surface area contributed by atoms with Crippen molar-refractivity contribution in [1.82, 2.24) is 15.1 Å². The highest BCUT2D eigenvalue weighted by Gasteiger charge is 2.28. The molecule has 1 amide bonds. The van der Waals surface area contributed by atoms with Crippen molar-refractivity contribution in [2.45, 2.75) is 46.1 Å². The van der Waals surface area contributed by atoms with Crippen molar-refractivity contribution in [1.29, 1.82) is 0 Å². The molecule has 0 spiro atoms. The van der Waals surface area contributed by atoms with Crippen LogP contribution in [-0.4, -0.2) is 53.5 Å². The van der Waals surface area contributed by atoms with Gasteiger partial charge >= 0.3 is 6.09 Å². The number of aryl methyl sites for hydroxylation is 1. The lowest BCUT2D eigenvalue weighted by molar-refractivity contribution is 0.0170. The summed E-state index contributed by atoms with van der Waals surface area (Å²) in [5.74, 6) is 1.29. The van der Waals surface area contributed by atoms with Gasteiger partial charge in [0.1, 0.15) is 5.60 Å². The van der Waals surface area contributed by atoms with Crippen molar-refractivity contribution < 1.29 is 9.53 Å². The molecule has 0 saturated carbocycles. The number of anilines is 1. The Labute approximate surface area is 138 Å². The molecule has 1 saturated heterocycles. The summed E-state index contributed by atoms with van der Waals surface area (Å²) in [7, 11) is 2.02. The van der Waals surface area contributed by atoms with Gasteiger partial charge in [0.25, 0.3) is 0 Å². The molecule has 0 bridgehead atoms. The molecule has 1 aromatic rings. The Hall–Kier alpha value is -1.85. The molecule has 128 valence electrons. The van der Waals surface area contributed by atoms with E-state index in [1.165, 1.54) is 0 Å².